The normalized spacial score (nSPS) is 14.2. The van der Waals surface area contributed by atoms with Crippen molar-refractivity contribution < 1.29 is 18.8 Å². The van der Waals surface area contributed by atoms with Crippen LogP contribution in [0.1, 0.15) is 49.0 Å². The second-order valence-corrected chi connectivity index (χ2v) is 10.6. The fraction of sp³-hybridized carbons (Fsp3) is 0.400. The molecule has 1 aliphatic heterocycles. The van der Waals surface area contributed by atoms with Gasteiger partial charge in [0.05, 0.1) is 37.7 Å². The maximum absolute atomic E-state index is 12.6. The lowest BCUT2D eigenvalue weighted by Gasteiger charge is -2.26. The average Bonchev–Trinajstić information content (AvgIpc) is 3.57. The minimum Gasteiger partial charge on any atom is -0.488 e. The second kappa shape index (κ2) is 11.8. The van der Waals surface area contributed by atoms with Crippen LogP contribution in [0.15, 0.2) is 53.3 Å². The number of hydrogen-bond donors (Lipinski definition) is 0. The summed E-state index contributed by atoms with van der Waals surface area (Å²) < 4.78 is 18.5. The Bertz CT molecular complexity index is 1480. The monoisotopic (exact) mass is 527 g/mol. The van der Waals surface area contributed by atoms with E-state index in [1.54, 1.807) is 16.9 Å². The fourth-order valence-electron chi connectivity index (χ4n) is 4.26. The first-order chi connectivity index (χ1) is 18.8. The number of benzene rings is 1. The van der Waals surface area contributed by atoms with Crippen molar-refractivity contribution in [3.8, 4) is 17.6 Å². The summed E-state index contributed by atoms with van der Waals surface area (Å²) in [5.74, 6) is 7.86. The van der Waals surface area contributed by atoms with Gasteiger partial charge in [0.1, 0.15) is 23.8 Å². The molecule has 0 spiro atoms. The third kappa shape index (κ3) is 6.91. The molecule has 5 rings (SSSR count). The van der Waals surface area contributed by atoms with Crippen LogP contribution in [0.4, 0.5) is 0 Å². The lowest BCUT2D eigenvalue weighted by Crippen LogP contribution is -2.38. The molecule has 1 fully saturated rings. The zero-order valence-electron chi connectivity index (χ0n) is 22.6. The molecule has 0 aliphatic carbocycles. The molecule has 0 saturated carbocycles. The zero-order valence-corrected chi connectivity index (χ0v) is 22.6. The SMILES string of the molecule is CC(C)(C)c1cc(CC(=O)Cc2ccc(C#Cc3cnc4c(OCCN5CCOCC5)ccnn34)cc2)no1. The molecule has 39 heavy (non-hydrogen) atoms. The van der Waals surface area contributed by atoms with Crippen LogP contribution < -0.4 is 4.74 Å². The van der Waals surface area contributed by atoms with Crippen molar-refractivity contribution in [2.24, 2.45) is 0 Å². The van der Waals surface area contributed by atoms with Gasteiger partial charge in [0, 0.05) is 49.2 Å². The van der Waals surface area contributed by atoms with E-state index in [1.807, 2.05) is 36.4 Å². The third-order valence-electron chi connectivity index (χ3n) is 6.50. The fourth-order valence-corrected chi connectivity index (χ4v) is 4.26. The number of rotatable bonds is 8. The molecule has 9 heteroatoms. The topological polar surface area (TPSA) is 95.0 Å². The van der Waals surface area contributed by atoms with E-state index in [2.05, 4.69) is 52.8 Å². The van der Waals surface area contributed by atoms with E-state index in [4.69, 9.17) is 14.0 Å². The number of carbonyl (C=O) groups is 1. The van der Waals surface area contributed by atoms with Crippen LogP contribution >= 0.6 is 0 Å². The lowest BCUT2D eigenvalue weighted by molar-refractivity contribution is -0.117. The largest absolute Gasteiger partial charge is 0.488 e. The summed E-state index contributed by atoms with van der Waals surface area (Å²) in [5, 5.41) is 8.45. The molecular formula is C30H33N5O4. The van der Waals surface area contributed by atoms with Gasteiger partial charge in [0.15, 0.2) is 11.4 Å². The molecule has 202 valence electrons. The second-order valence-electron chi connectivity index (χ2n) is 10.6. The molecule has 1 aliphatic rings. The zero-order chi connectivity index (χ0) is 27.2. The minimum absolute atomic E-state index is 0.0855. The van der Waals surface area contributed by atoms with Crippen LogP contribution in [0.5, 0.6) is 5.75 Å². The number of ketones is 1. The van der Waals surface area contributed by atoms with Gasteiger partial charge in [-0.3, -0.25) is 9.69 Å². The Labute approximate surface area is 228 Å². The van der Waals surface area contributed by atoms with E-state index < -0.39 is 0 Å². The number of carbonyl (C=O) groups excluding carboxylic acids is 1. The molecule has 0 radical (unpaired) electrons. The Morgan fingerprint density at radius 1 is 1.08 bits per heavy atom. The van der Waals surface area contributed by atoms with Gasteiger partial charge in [-0.15, -0.1) is 0 Å². The van der Waals surface area contributed by atoms with Gasteiger partial charge in [-0.1, -0.05) is 44.0 Å². The van der Waals surface area contributed by atoms with Crippen molar-refractivity contribution in [2.45, 2.75) is 39.0 Å². The first kappa shape index (κ1) is 26.6. The molecule has 1 saturated heterocycles. The van der Waals surface area contributed by atoms with E-state index in [0.717, 1.165) is 49.7 Å². The number of ether oxygens (including phenoxy) is 2. The Morgan fingerprint density at radius 3 is 2.62 bits per heavy atom. The summed E-state index contributed by atoms with van der Waals surface area (Å²) in [6.07, 6.45) is 3.98. The highest BCUT2D eigenvalue weighted by Crippen LogP contribution is 2.23. The summed E-state index contributed by atoms with van der Waals surface area (Å²) in [6, 6.07) is 11.4. The first-order valence-corrected chi connectivity index (χ1v) is 13.2. The van der Waals surface area contributed by atoms with E-state index >= 15 is 0 Å². The summed E-state index contributed by atoms with van der Waals surface area (Å²) in [6.45, 7) is 11.0. The van der Waals surface area contributed by atoms with E-state index in [1.165, 1.54) is 0 Å². The van der Waals surface area contributed by atoms with Crippen molar-refractivity contribution in [3.05, 3.63) is 77.1 Å². The highest BCUT2D eigenvalue weighted by Gasteiger charge is 2.20. The summed E-state index contributed by atoms with van der Waals surface area (Å²) in [4.78, 5) is 19.4. The number of hydrogen-bond acceptors (Lipinski definition) is 8. The van der Waals surface area contributed by atoms with Crippen molar-refractivity contribution in [1.82, 2.24) is 24.7 Å². The van der Waals surface area contributed by atoms with Crippen LogP contribution in [-0.4, -0.2) is 69.9 Å². The summed E-state index contributed by atoms with van der Waals surface area (Å²) >= 11 is 0. The molecule has 4 heterocycles. The van der Waals surface area contributed by atoms with Crippen LogP contribution in [0.2, 0.25) is 0 Å². The molecule has 1 aromatic carbocycles. The van der Waals surface area contributed by atoms with Gasteiger partial charge in [-0.2, -0.15) is 5.10 Å². The Hall–Kier alpha value is -4.00. The third-order valence-corrected chi connectivity index (χ3v) is 6.50. The molecule has 4 aromatic rings. The predicted molar refractivity (Wildman–Crippen MR) is 146 cm³/mol. The molecular weight excluding hydrogens is 494 g/mol. The molecule has 0 unspecified atom stereocenters. The maximum atomic E-state index is 12.6. The van der Waals surface area contributed by atoms with E-state index in [9.17, 15) is 4.79 Å². The summed E-state index contributed by atoms with van der Waals surface area (Å²) in [5.41, 5.74) is 3.61. The first-order valence-electron chi connectivity index (χ1n) is 13.2. The van der Waals surface area contributed by atoms with E-state index in [0.29, 0.717) is 35.8 Å². The smallest absolute Gasteiger partial charge is 0.197 e. The molecule has 9 nitrogen and oxygen atoms in total. The lowest BCUT2D eigenvalue weighted by atomic mass is 9.93. The van der Waals surface area contributed by atoms with Crippen LogP contribution in [-0.2, 0) is 27.8 Å². The molecule has 0 bridgehead atoms. The predicted octanol–water partition coefficient (Wildman–Crippen LogP) is 3.48. The Morgan fingerprint density at radius 2 is 1.87 bits per heavy atom. The molecule has 0 amide bonds. The van der Waals surface area contributed by atoms with Gasteiger partial charge in [-0.25, -0.2) is 9.50 Å². The van der Waals surface area contributed by atoms with Crippen LogP contribution in [0.3, 0.4) is 0 Å². The number of fused-ring (bicyclic) bond motifs is 1. The molecule has 3 aromatic heterocycles. The number of imidazole rings is 1. The van der Waals surface area contributed by atoms with E-state index in [-0.39, 0.29) is 17.6 Å². The quantitative estimate of drug-likeness (QED) is 0.322. The minimum atomic E-state index is -0.135. The summed E-state index contributed by atoms with van der Waals surface area (Å²) in [7, 11) is 0. The standard InChI is InChI=1S/C30H33N5O4/c1-30(2,3)28-20-24(33-39-28)19-26(36)18-23-6-4-22(5-7-23)8-9-25-21-31-29-27(10-11-32-35(25)29)38-17-14-34-12-15-37-16-13-34/h4-7,10-11,20-21H,12-19H2,1-3H3. The van der Waals surface area contributed by atoms with Gasteiger partial charge >= 0.3 is 0 Å². The van der Waals surface area contributed by atoms with Crippen molar-refractivity contribution >= 4 is 11.4 Å². The highest BCUT2D eigenvalue weighted by molar-refractivity contribution is 5.82. The average molecular weight is 528 g/mol. The van der Waals surface area contributed by atoms with Crippen molar-refractivity contribution in [3.63, 3.8) is 0 Å². The molecule has 0 N–H and O–H groups in total. The van der Waals surface area contributed by atoms with Crippen LogP contribution in [0.25, 0.3) is 5.65 Å². The van der Waals surface area contributed by atoms with Crippen LogP contribution in [0, 0.1) is 11.8 Å². The number of aromatic nitrogens is 4. The maximum Gasteiger partial charge on any atom is 0.197 e. The Balaban J connectivity index is 1.18. The highest BCUT2D eigenvalue weighted by atomic mass is 16.5. The molecule has 0 atom stereocenters. The Kier molecular flexibility index (Phi) is 8.05. The number of nitrogens with zero attached hydrogens (tertiary/aromatic N) is 5. The van der Waals surface area contributed by atoms with Gasteiger partial charge in [-0.05, 0) is 23.6 Å². The van der Waals surface area contributed by atoms with Crippen molar-refractivity contribution in [1.29, 1.82) is 0 Å². The number of Topliss-reactive ketones (excluding diaryl/α,β-unsaturated/α-hetero) is 1. The van der Waals surface area contributed by atoms with Gasteiger partial charge < -0.3 is 14.0 Å². The van der Waals surface area contributed by atoms with Crippen molar-refractivity contribution in [2.75, 3.05) is 39.5 Å². The van der Waals surface area contributed by atoms with Gasteiger partial charge in [0.2, 0.25) is 0 Å². The van der Waals surface area contributed by atoms with Gasteiger partial charge in [0.25, 0.3) is 0 Å². The number of morpholine rings is 1.